The summed E-state index contributed by atoms with van der Waals surface area (Å²) in [5.41, 5.74) is 2.47. The van der Waals surface area contributed by atoms with Gasteiger partial charge in [-0.2, -0.15) is 0 Å². The van der Waals surface area contributed by atoms with E-state index in [1.165, 1.54) is 43.2 Å². The summed E-state index contributed by atoms with van der Waals surface area (Å²) in [6.45, 7) is 6.91. The van der Waals surface area contributed by atoms with Gasteiger partial charge >= 0.3 is 0 Å². The van der Waals surface area contributed by atoms with Crippen molar-refractivity contribution in [1.29, 1.82) is 0 Å². The normalized spacial score (nSPS) is 14.8. The fourth-order valence-electron chi connectivity index (χ4n) is 4.22. The number of hydrogen-bond acceptors (Lipinski definition) is 3. The number of amides is 2. The highest BCUT2D eigenvalue weighted by Gasteiger charge is 2.19. The van der Waals surface area contributed by atoms with Crippen molar-refractivity contribution in [2.75, 3.05) is 20.1 Å². The van der Waals surface area contributed by atoms with Gasteiger partial charge in [-0.15, -0.1) is 0 Å². The molecule has 0 bridgehead atoms. The average molecular weight is 402 g/mol. The molecule has 5 nitrogen and oxygen atoms in total. The van der Waals surface area contributed by atoms with Crippen molar-refractivity contribution in [3.05, 3.63) is 35.4 Å². The monoisotopic (exact) mass is 401 g/mol. The van der Waals surface area contributed by atoms with E-state index in [-0.39, 0.29) is 11.8 Å². The Balaban J connectivity index is 1.78. The summed E-state index contributed by atoms with van der Waals surface area (Å²) in [6, 6.07) is 9.06. The molecule has 0 atom stereocenters. The molecule has 1 aliphatic carbocycles. The molecule has 0 unspecified atom stereocenters. The number of hydrogen-bond donors (Lipinski definition) is 1. The van der Waals surface area contributed by atoms with E-state index in [2.05, 4.69) is 35.5 Å². The Bertz CT molecular complexity index is 637. The lowest BCUT2D eigenvalue weighted by Gasteiger charge is -2.31. The van der Waals surface area contributed by atoms with Crippen molar-refractivity contribution >= 4 is 11.8 Å². The topological polar surface area (TPSA) is 52.7 Å². The van der Waals surface area contributed by atoms with Gasteiger partial charge in [0.25, 0.3) is 0 Å². The maximum absolute atomic E-state index is 12.2. The van der Waals surface area contributed by atoms with Crippen molar-refractivity contribution in [3.8, 4) is 0 Å². The molecule has 0 radical (unpaired) electrons. The molecule has 29 heavy (non-hydrogen) atoms. The Morgan fingerprint density at radius 2 is 1.66 bits per heavy atom. The lowest BCUT2D eigenvalue weighted by Crippen LogP contribution is -2.33. The zero-order chi connectivity index (χ0) is 21.1. The minimum absolute atomic E-state index is 0.0211. The van der Waals surface area contributed by atoms with Gasteiger partial charge in [0.2, 0.25) is 11.8 Å². The van der Waals surface area contributed by atoms with Crippen molar-refractivity contribution in [1.82, 2.24) is 15.1 Å². The summed E-state index contributed by atoms with van der Waals surface area (Å²) >= 11 is 0. The molecule has 0 aromatic heterocycles. The summed E-state index contributed by atoms with van der Waals surface area (Å²) in [6.07, 6.45) is 8.08. The highest BCUT2D eigenvalue weighted by Crippen LogP contribution is 2.23. The van der Waals surface area contributed by atoms with Crippen LogP contribution in [0.15, 0.2) is 24.3 Å². The van der Waals surface area contributed by atoms with Crippen LogP contribution < -0.4 is 5.32 Å². The molecule has 1 aliphatic rings. The predicted molar refractivity (Wildman–Crippen MR) is 118 cm³/mol. The fraction of sp³-hybridized carbons (Fsp3) is 0.667. The standard InChI is InChI=1S/C24H39N3O2/c1-4-27(5-2)24(29)17-11-16-23(28)25-18-20-12-9-10-13-21(20)19-26(3)22-14-7-6-8-15-22/h9-10,12-13,22H,4-8,11,14-19H2,1-3H3,(H,25,28). The Kier molecular flexibility index (Phi) is 10.2. The van der Waals surface area contributed by atoms with Crippen LogP contribution in [-0.2, 0) is 22.7 Å². The van der Waals surface area contributed by atoms with Crippen LogP contribution in [0.2, 0.25) is 0 Å². The van der Waals surface area contributed by atoms with Gasteiger partial charge in [0.15, 0.2) is 0 Å². The molecule has 1 aromatic rings. The molecule has 1 N–H and O–H groups in total. The molecular weight excluding hydrogens is 362 g/mol. The van der Waals surface area contributed by atoms with Crippen LogP contribution in [0.5, 0.6) is 0 Å². The first-order chi connectivity index (χ1) is 14.0. The van der Waals surface area contributed by atoms with Gasteiger partial charge in [-0.05, 0) is 51.3 Å². The molecule has 1 saturated carbocycles. The van der Waals surface area contributed by atoms with E-state index >= 15 is 0 Å². The van der Waals surface area contributed by atoms with Gasteiger partial charge in [0, 0.05) is 45.1 Å². The van der Waals surface area contributed by atoms with Crippen LogP contribution in [0.4, 0.5) is 0 Å². The predicted octanol–water partition coefficient (Wildman–Crippen LogP) is 4.11. The maximum atomic E-state index is 12.2. The van der Waals surface area contributed by atoms with Gasteiger partial charge in [-0.1, -0.05) is 43.5 Å². The third-order valence-electron chi connectivity index (χ3n) is 6.12. The summed E-state index contributed by atoms with van der Waals surface area (Å²) in [5, 5.41) is 3.04. The number of nitrogens with one attached hydrogen (secondary N) is 1. The molecule has 0 spiro atoms. The highest BCUT2D eigenvalue weighted by atomic mass is 16.2. The third kappa shape index (κ3) is 7.81. The molecule has 1 aromatic carbocycles. The van der Waals surface area contributed by atoms with Crippen molar-refractivity contribution in [3.63, 3.8) is 0 Å². The Morgan fingerprint density at radius 1 is 1.00 bits per heavy atom. The minimum Gasteiger partial charge on any atom is -0.352 e. The first-order valence-electron chi connectivity index (χ1n) is 11.4. The first kappa shape index (κ1) is 23.4. The summed E-state index contributed by atoms with van der Waals surface area (Å²) in [7, 11) is 2.22. The fourth-order valence-corrected chi connectivity index (χ4v) is 4.22. The number of benzene rings is 1. The van der Waals surface area contributed by atoms with Crippen LogP contribution in [-0.4, -0.2) is 47.8 Å². The Labute approximate surface area is 176 Å². The number of nitrogens with zero attached hydrogens (tertiary/aromatic N) is 2. The molecule has 0 heterocycles. The number of carbonyl (C=O) groups excluding carboxylic acids is 2. The molecule has 0 saturated heterocycles. The average Bonchev–Trinajstić information content (AvgIpc) is 2.74. The van der Waals surface area contributed by atoms with Gasteiger partial charge in [-0.25, -0.2) is 0 Å². The second-order valence-electron chi connectivity index (χ2n) is 8.17. The van der Waals surface area contributed by atoms with Crippen LogP contribution in [0.3, 0.4) is 0 Å². The van der Waals surface area contributed by atoms with Crippen LogP contribution >= 0.6 is 0 Å². The Morgan fingerprint density at radius 3 is 2.31 bits per heavy atom. The second-order valence-corrected chi connectivity index (χ2v) is 8.17. The number of rotatable bonds is 11. The van der Waals surface area contributed by atoms with Crippen LogP contribution in [0.25, 0.3) is 0 Å². The molecule has 2 rings (SSSR count). The second kappa shape index (κ2) is 12.6. The smallest absolute Gasteiger partial charge is 0.222 e. The van der Waals surface area contributed by atoms with Gasteiger partial charge < -0.3 is 10.2 Å². The lowest BCUT2D eigenvalue weighted by atomic mass is 9.94. The molecule has 1 fully saturated rings. The number of carbonyl (C=O) groups is 2. The highest BCUT2D eigenvalue weighted by molar-refractivity contribution is 5.78. The van der Waals surface area contributed by atoms with Crippen molar-refractivity contribution in [2.45, 2.75) is 84.3 Å². The molecule has 0 aliphatic heterocycles. The van der Waals surface area contributed by atoms with E-state index in [1.54, 1.807) is 0 Å². The maximum Gasteiger partial charge on any atom is 0.222 e. The van der Waals surface area contributed by atoms with Gasteiger partial charge in [0.1, 0.15) is 0 Å². The largest absolute Gasteiger partial charge is 0.352 e. The minimum atomic E-state index is 0.0211. The van der Waals surface area contributed by atoms with E-state index in [0.717, 1.165) is 19.6 Å². The van der Waals surface area contributed by atoms with E-state index in [9.17, 15) is 9.59 Å². The van der Waals surface area contributed by atoms with Crippen molar-refractivity contribution < 1.29 is 9.59 Å². The van der Waals surface area contributed by atoms with Crippen LogP contribution in [0, 0.1) is 0 Å². The van der Waals surface area contributed by atoms with Gasteiger partial charge in [0.05, 0.1) is 0 Å². The summed E-state index contributed by atoms with van der Waals surface area (Å²) in [4.78, 5) is 28.6. The summed E-state index contributed by atoms with van der Waals surface area (Å²) in [5.74, 6) is 0.159. The van der Waals surface area contributed by atoms with Crippen LogP contribution in [0.1, 0.15) is 76.3 Å². The van der Waals surface area contributed by atoms with Crippen molar-refractivity contribution in [2.24, 2.45) is 0 Å². The zero-order valence-electron chi connectivity index (χ0n) is 18.6. The van der Waals surface area contributed by atoms with E-state index in [1.807, 2.05) is 24.8 Å². The van der Waals surface area contributed by atoms with E-state index in [0.29, 0.717) is 31.8 Å². The van der Waals surface area contributed by atoms with Gasteiger partial charge in [-0.3, -0.25) is 14.5 Å². The zero-order valence-corrected chi connectivity index (χ0v) is 18.6. The SMILES string of the molecule is CCN(CC)C(=O)CCCC(=O)NCc1ccccc1CN(C)C1CCCCC1. The molecule has 2 amide bonds. The lowest BCUT2D eigenvalue weighted by molar-refractivity contribution is -0.131. The van der Waals surface area contributed by atoms with E-state index in [4.69, 9.17) is 0 Å². The Hall–Kier alpha value is -1.88. The summed E-state index contributed by atoms with van der Waals surface area (Å²) < 4.78 is 0. The van der Waals surface area contributed by atoms with E-state index < -0.39 is 0 Å². The third-order valence-corrected chi connectivity index (χ3v) is 6.12. The molecule has 162 valence electrons. The molecular formula is C24H39N3O2. The quantitative estimate of drug-likeness (QED) is 0.607. The molecule has 5 heteroatoms. The first-order valence-corrected chi connectivity index (χ1v) is 11.4.